The highest BCUT2D eigenvalue weighted by Gasteiger charge is 2.20. The van der Waals surface area contributed by atoms with Crippen molar-refractivity contribution in [3.8, 4) is 0 Å². The van der Waals surface area contributed by atoms with Gasteiger partial charge in [-0.05, 0) is 43.0 Å². The Hall–Kier alpha value is -0.340. The molecule has 1 aliphatic carbocycles. The summed E-state index contributed by atoms with van der Waals surface area (Å²) in [5, 5.41) is 11.5. The van der Waals surface area contributed by atoms with Crippen molar-refractivity contribution in [2.75, 3.05) is 0 Å². The molecule has 1 N–H and O–H groups in total. The molecular weight excluding hydrogens is 168 g/mol. The summed E-state index contributed by atoms with van der Waals surface area (Å²) in [6.45, 7) is 0. The summed E-state index contributed by atoms with van der Waals surface area (Å²) in [6.07, 6.45) is 4.29. The average Bonchev–Trinajstić information content (AvgIpc) is 2.58. The summed E-state index contributed by atoms with van der Waals surface area (Å²) in [6, 6.07) is 4.33. The smallest absolute Gasteiger partial charge is 0.0540 e. The number of aliphatic hydroxyl groups is 1. The van der Waals surface area contributed by atoms with Crippen molar-refractivity contribution in [2.45, 2.75) is 37.7 Å². The van der Waals surface area contributed by atoms with Crippen molar-refractivity contribution in [1.82, 2.24) is 0 Å². The normalized spacial score (nSPS) is 30.4. The van der Waals surface area contributed by atoms with Crippen LogP contribution in [-0.2, 0) is 0 Å². The molecule has 12 heavy (non-hydrogen) atoms. The van der Waals surface area contributed by atoms with Crippen LogP contribution in [0, 0.1) is 0 Å². The van der Waals surface area contributed by atoms with Crippen LogP contribution < -0.4 is 0 Å². The maximum atomic E-state index is 9.33. The summed E-state index contributed by atoms with van der Waals surface area (Å²) in [5.41, 5.74) is 0. The Morgan fingerprint density at radius 3 is 2.58 bits per heavy atom. The summed E-state index contributed by atoms with van der Waals surface area (Å²) in [4.78, 5) is 1.50. The molecule has 0 amide bonds. The molecule has 1 aromatic rings. The van der Waals surface area contributed by atoms with Gasteiger partial charge >= 0.3 is 0 Å². The van der Waals surface area contributed by atoms with Gasteiger partial charge in [-0.1, -0.05) is 6.07 Å². The van der Waals surface area contributed by atoms with E-state index in [1.165, 1.54) is 17.7 Å². The Morgan fingerprint density at radius 2 is 2.00 bits per heavy atom. The third-order valence-corrected chi connectivity index (χ3v) is 3.68. The van der Waals surface area contributed by atoms with Crippen molar-refractivity contribution in [2.24, 2.45) is 0 Å². The van der Waals surface area contributed by atoms with Crippen LogP contribution in [-0.4, -0.2) is 11.2 Å². The molecule has 0 saturated heterocycles. The molecule has 1 fully saturated rings. The topological polar surface area (TPSA) is 20.2 Å². The second-order valence-corrected chi connectivity index (χ2v) is 4.50. The predicted molar refractivity (Wildman–Crippen MR) is 51.5 cm³/mol. The summed E-state index contributed by atoms with van der Waals surface area (Å²) in [7, 11) is 0. The molecule has 0 unspecified atom stereocenters. The van der Waals surface area contributed by atoms with Gasteiger partial charge in [-0.25, -0.2) is 0 Å². The van der Waals surface area contributed by atoms with Crippen LogP contribution in [0.4, 0.5) is 0 Å². The van der Waals surface area contributed by atoms with Gasteiger partial charge in [0, 0.05) is 4.88 Å². The molecule has 2 heteroatoms. The van der Waals surface area contributed by atoms with Gasteiger partial charge in [0.15, 0.2) is 0 Å². The molecule has 1 aliphatic rings. The zero-order chi connectivity index (χ0) is 8.39. The van der Waals surface area contributed by atoms with Crippen LogP contribution in [0.25, 0.3) is 0 Å². The summed E-state index contributed by atoms with van der Waals surface area (Å²) >= 11 is 1.85. The number of rotatable bonds is 1. The zero-order valence-corrected chi connectivity index (χ0v) is 7.89. The lowest BCUT2D eigenvalue weighted by molar-refractivity contribution is 0.123. The maximum Gasteiger partial charge on any atom is 0.0540 e. The highest BCUT2D eigenvalue weighted by molar-refractivity contribution is 7.10. The molecule has 0 spiro atoms. The third-order valence-electron chi connectivity index (χ3n) is 2.64. The molecule has 0 aliphatic heterocycles. The van der Waals surface area contributed by atoms with Crippen LogP contribution in [0.1, 0.15) is 36.5 Å². The predicted octanol–water partition coefficient (Wildman–Crippen LogP) is 2.77. The summed E-state index contributed by atoms with van der Waals surface area (Å²) < 4.78 is 0. The van der Waals surface area contributed by atoms with Gasteiger partial charge in [-0.15, -0.1) is 11.3 Å². The van der Waals surface area contributed by atoms with Crippen LogP contribution in [0.3, 0.4) is 0 Å². The van der Waals surface area contributed by atoms with Crippen LogP contribution in [0.15, 0.2) is 17.5 Å². The van der Waals surface area contributed by atoms with E-state index in [2.05, 4.69) is 17.5 Å². The van der Waals surface area contributed by atoms with E-state index in [9.17, 15) is 5.11 Å². The fourth-order valence-corrected chi connectivity index (χ4v) is 2.78. The van der Waals surface area contributed by atoms with Crippen molar-refractivity contribution in [3.05, 3.63) is 22.4 Å². The number of thiophene rings is 1. The number of hydrogen-bond acceptors (Lipinski definition) is 2. The van der Waals surface area contributed by atoms with Gasteiger partial charge in [0.25, 0.3) is 0 Å². The Morgan fingerprint density at radius 1 is 1.25 bits per heavy atom. The van der Waals surface area contributed by atoms with Crippen molar-refractivity contribution in [1.29, 1.82) is 0 Å². The SMILES string of the molecule is O[C@H]1CC[C@@H](c2cccs2)CC1. The highest BCUT2D eigenvalue weighted by atomic mass is 32.1. The first-order valence-electron chi connectivity index (χ1n) is 4.58. The lowest BCUT2D eigenvalue weighted by Gasteiger charge is -2.24. The first kappa shape index (κ1) is 8.27. The second-order valence-electron chi connectivity index (χ2n) is 3.52. The first-order valence-corrected chi connectivity index (χ1v) is 5.45. The number of hydrogen-bond donors (Lipinski definition) is 1. The standard InChI is InChI=1S/C10H14OS/c11-9-5-3-8(4-6-9)10-2-1-7-12-10/h1-2,7-9,11H,3-6H2/t8-,9+. The first-order chi connectivity index (χ1) is 5.86. The second kappa shape index (κ2) is 3.58. The Labute approximate surface area is 77.0 Å². The van der Waals surface area contributed by atoms with E-state index in [0.29, 0.717) is 0 Å². The van der Waals surface area contributed by atoms with E-state index >= 15 is 0 Å². The zero-order valence-electron chi connectivity index (χ0n) is 7.07. The van der Waals surface area contributed by atoms with Gasteiger partial charge < -0.3 is 5.11 Å². The lowest BCUT2D eigenvalue weighted by Crippen LogP contribution is -2.16. The van der Waals surface area contributed by atoms with E-state index in [1.54, 1.807) is 0 Å². The molecular formula is C10H14OS. The molecule has 2 rings (SSSR count). The van der Waals surface area contributed by atoms with Crippen molar-refractivity contribution in [3.63, 3.8) is 0 Å². The molecule has 1 nitrogen and oxygen atoms in total. The molecule has 1 aromatic heterocycles. The third kappa shape index (κ3) is 1.70. The average molecular weight is 182 g/mol. The van der Waals surface area contributed by atoms with Gasteiger partial charge in [0.1, 0.15) is 0 Å². The molecule has 1 heterocycles. The van der Waals surface area contributed by atoms with E-state index in [4.69, 9.17) is 0 Å². The Balaban J connectivity index is 1.99. The summed E-state index contributed by atoms with van der Waals surface area (Å²) in [5.74, 6) is 0.730. The van der Waals surface area contributed by atoms with E-state index < -0.39 is 0 Å². The van der Waals surface area contributed by atoms with Crippen molar-refractivity contribution >= 4 is 11.3 Å². The van der Waals surface area contributed by atoms with Crippen molar-refractivity contribution < 1.29 is 5.11 Å². The number of aliphatic hydroxyl groups excluding tert-OH is 1. The maximum absolute atomic E-state index is 9.33. The minimum Gasteiger partial charge on any atom is -0.393 e. The molecule has 0 atom stereocenters. The minimum absolute atomic E-state index is 0.0267. The molecule has 66 valence electrons. The monoisotopic (exact) mass is 182 g/mol. The molecule has 0 aromatic carbocycles. The molecule has 0 radical (unpaired) electrons. The van der Waals surface area contributed by atoms with Gasteiger partial charge in [0.05, 0.1) is 6.10 Å². The molecule has 1 saturated carbocycles. The molecule has 0 bridgehead atoms. The Bertz CT molecular complexity index is 222. The fraction of sp³-hybridized carbons (Fsp3) is 0.600. The van der Waals surface area contributed by atoms with E-state index in [1.807, 2.05) is 11.3 Å². The van der Waals surface area contributed by atoms with Gasteiger partial charge in [0.2, 0.25) is 0 Å². The van der Waals surface area contributed by atoms with E-state index in [-0.39, 0.29) is 6.10 Å². The van der Waals surface area contributed by atoms with Crippen LogP contribution >= 0.6 is 11.3 Å². The van der Waals surface area contributed by atoms with Crippen LogP contribution in [0.2, 0.25) is 0 Å². The van der Waals surface area contributed by atoms with E-state index in [0.717, 1.165) is 18.8 Å². The van der Waals surface area contributed by atoms with Crippen LogP contribution in [0.5, 0.6) is 0 Å². The lowest BCUT2D eigenvalue weighted by atomic mass is 9.86. The largest absolute Gasteiger partial charge is 0.393 e. The van der Waals surface area contributed by atoms with Gasteiger partial charge in [-0.2, -0.15) is 0 Å². The quantitative estimate of drug-likeness (QED) is 0.708. The van der Waals surface area contributed by atoms with Gasteiger partial charge in [-0.3, -0.25) is 0 Å². The minimum atomic E-state index is -0.0267. The fourth-order valence-electron chi connectivity index (χ4n) is 1.88. The highest BCUT2D eigenvalue weighted by Crippen LogP contribution is 2.34. The Kier molecular flexibility index (Phi) is 2.47.